The van der Waals surface area contributed by atoms with Crippen LogP contribution in [0, 0.1) is 0 Å². The molecule has 20 heavy (non-hydrogen) atoms. The molecule has 1 fully saturated rings. The topological polar surface area (TPSA) is 58.6 Å². The molecule has 0 saturated carbocycles. The zero-order valence-electron chi connectivity index (χ0n) is 11.3. The maximum atomic E-state index is 11.3. The van der Waals surface area contributed by atoms with Crippen molar-refractivity contribution in [2.24, 2.45) is 0 Å². The van der Waals surface area contributed by atoms with Crippen LogP contribution < -0.4 is 4.90 Å². The Balaban J connectivity index is 1.69. The van der Waals surface area contributed by atoms with Gasteiger partial charge in [0.05, 0.1) is 19.0 Å². The molecule has 0 aromatic carbocycles. The van der Waals surface area contributed by atoms with Gasteiger partial charge in [-0.2, -0.15) is 0 Å². The van der Waals surface area contributed by atoms with Crippen LogP contribution in [0.2, 0.25) is 0 Å². The normalized spacial score (nSPS) is 16.6. The summed E-state index contributed by atoms with van der Waals surface area (Å²) in [6, 6.07) is 2.07. The molecule has 2 aromatic rings. The average Bonchev–Trinajstić information content (AvgIpc) is 2.96. The Morgan fingerprint density at radius 3 is 2.90 bits per heavy atom. The SMILES string of the molecule is COC(=O)CN1CCN(c2ncnc3sccc23)CC1. The number of hydrogen-bond donors (Lipinski definition) is 0. The second-order valence-corrected chi connectivity index (χ2v) is 5.57. The summed E-state index contributed by atoms with van der Waals surface area (Å²) in [5.74, 6) is 0.815. The number of ether oxygens (including phenoxy) is 1. The van der Waals surface area contributed by atoms with E-state index in [1.165, 1.54) is 7.11 Å². The summed E-state index contributed by atoms with van der Waals surface area (Å²) in [6.07, 6.45) is 1.62. The van der Waals surface area contributed by atoms with Crippen LogP contribution in [0.1, 0.15) is 0 Å². The fourth-order valence-electron chi connectivity index (χ4n) is 2.39. The molecule has 0 atom stereocenters. The highest BCUT2D eigenvalue weighted by Crippen LogP contribution is 2.27. The van der Waals surface area contributed by atoms with Gasteiger partial charge in [0.15, 0.2) is 0 Å². The summed E-state index contributed by atoms with van der Waals surface area (Å²) < 4.78 is 4.70. The zero-order chi connectivity index (χ0) is 13.9. The number of esters is 1. The summed E-state index contributed by atoms with van der Waals surface area (Å²) in [6.45, 7) is 3.76. The molecule has 0 spiro atoms. The third kappa shape index (κ3) is 2.59. The Labute approximate surface area is 121 Å². The lowest BCUT2D eigenvalue weighted by molar-refractivity contribution is -0.142. The first-order valence-electron chi connectivity index (χ1n) is 6.50. The maximum Gasteiger partial charge on any atom is 0.319 e. The van der Waals surface area contributed by atoms with Crippen molar-refractivity contribution in [2.75, 3.05) is 44.7 Å². The molecule has 1 aliphatic rings. The van der Waals surface area contributed by atoms with Gasteiger partial charge in [-0.25, -0.2) is 9.97 Å². The molecule has 3 heterocycles. The largest absolute Gasteiger partial charge is 0.468 e. The quantitative estimate of drug-likeness (QED) is 0.786. The van der Waals surface area contributed by atoms with Crippen LogP contribution in [0.25, 0.3) is 10.2 Å². The summed E-state index contributed by atoms with van der Waals surface area (Å²) >= 11 is 1.63. The predicted octanol–water partition coefficient (Wildman–Crippen LogP) is 0.986. The second-order valence-electron chi connectivity index (χ2n) is 4.68. The number of thiophene rings is 1. The number of aromatic nitrogens is 2. The number of anilines is 1. The van der Waals surface area contributed by atoms with E-state index in [2.05, 4.69) is 25.8 Å². The van der Waals surface area contributed by atoms with Crippen LogP contribution in [0.3, 0.4) is 0 Å². The number of fused-ring (bicyclic) bond motifs is 1. The lowest BCUT2D eigenvalue weighted by Crippen LogP contribution is -2.48. The van der Waals surface area contributed by atoms with E-state index in [0.717, 1.165) is 42.2 Å². The maximum absolute atomic E-state index is 11.3. The van der Waals surface area contributed by atoms with Crippen molar-refractivity contribution in [3.05, 3.63) is 17.8 Å². The van der Waals surface area contributed by atoms with Crippen molar-refractivity contribution < 1.29 is 9.53 Å². The van der Waals surface area contributed by atoms with Crippen molar-refractivity contribution in [2.45, 2.75) is 0 Å². The highest BCUT2D eigenvalue weighted by molar-refractivity contribution is 7.16. The van der Waals surface area contributed by atoms with Crippen molar-refractivity contribution in [1.29, 1.82) is 0 Å². The van der Waals surface area contributed by atoms with E-state index in [1.807, 2.05) is 5.38 Å². The zero-order valence-corrected chi connectivity index (χ0v) is 12.1. The third-order valence-corrected chi connectivity index (χ3v) is 4.31. The van der Waals surface area contributed by atoms with Gasteiger partial charge in [-0.05, 0) is 11.4 Å². The molecular formula is C13H16N4O2S. The summed E-state index contributed by atoms with van der Waals surface area (Å²) in [5.41, 5.74) is 0. The lowest BCUT2D eigenvalue weighted by Gasteiger charge is -2.34. The van der Waals surface area contributed by atoms with Gasteiger partial charge >= 0.3 is 5.97 Å². The summed E-state index contributed by atoms with van der Waals surface area (Å²) in [5, 5.41) is 3.15. The van der Waals surface area contributed by atoms with Crippen molar-refractivity contribution in [3.8, 4) is 0 Å². The van der Waals surface area contributed by atoms with Crippen LogP contribution in [0.15, 0.2) is 17.8 Å². The summed E-state index contributed by atoms with van der Waals surface area (Å²) in [4.78, 5) is 25.3. The third-order valence-electron chi connectivity index (χ3n) is 3.49. The van der Waals surface area contributed by atoms with Crippen molar-refractivity contribution >= 4 is 33.3 Å². The molecule has 2 aromatic heterocycles. The van der Waals surface area contributed by atoms with E-state index in [0.29, 0.717) is 6.54 Å². The lowest BCUT2D eigenvalue weighted by atomic mass is 10.2. The Hall–Kier alpha value is -1.73. The average molecular weight is 292 g/mol. The van der Waals surface area contributed by atoms with Gasteiger partial charge in [0.2, 0.25) is 0 Å². The van der Waals surface area contributed by atoms with Gasteiger partial charge < -0.3 is 9.64 Å². The minimum absolute atomic E-state index is 0.180. The van der Waals surface area contributed by atoms with E-state index in [1.54, 1.807) is 17.7 Å². The molecule has 1 aliphatic heterocycles. The predicted molar refractivity (Wildman–Crippen MR) is 78.1 cm³/mol. The minimum atomic E-state index is -0.180. The van der Waals surface area contributed by atoms with Gasteiger partial charge in [0.1, 0.15) is 17.0 Å². The van der Waals surface area contributed by atoms with Gasteiger partial charge in [0.25, 0.3) is 0 Å². The molecular weight excluding hydrogens is 276 g/mol. The Bertz CT molecular complexity index is 607. The fourth-order valence-corrected chi connectivity index (χ4v) is 3.12. The smallest absolute Gasteiger partial charge is 0.319 e. The van der Waals surface area contributed by atoms with Crippen LogP contribution >= 0.6 is 11.3 Å². The highest BCUT2D eigenvalue weighted by atomic mass is 32.1. The fraction of sp³-hybridized carbons (Fsp3) is 0.462. The van der Waals surface area contributed by atoms with Crippen molar-refractivity contribution in [3.63, 3.8) is 0 Å². The first kappa shape index (κ1) is 13.3. The van der Waals surface area contributed by atoms with E-state index in [9.17, 15) is 4.79 Å². The van der Waals surface area contributed by atoms with Gasteiger partial charge in [-0.1, -0.05) is 0 Å². The van der Waals surface area contributed by atoms with Crippen LogP contribution in [0.5, 0.6) is 0 Å². The van der Waals surface area contributed by atoms with Crippen LogP contribution in [0.4, 0.5) is 5.82 Å². The standard InChI is InChI=1S/C13H16N4O2S/c1-19-11(18)8-16-3-5-17(6-4-16)12-10-2-7-20-13(10)15-9-14-12/h2,7,9H,3-6,8H2,1H3. The van der Waals surface area contributed by atoms with Gasteiger partial charge in [-0.15, -0.1) is 11.3 Å². The van der Waals surface area contributed by atoms with E-state index >= 15 is 0 Å². The molecule has 0 bridgehead atoms. The molecule has 6 nitrogen and oxygen atoms in total. The minimum Gasteiger partial charge on any atom is -0.468 e. The first-order valence-corrected chi connectivity index (χ1v) is 7.38. The highest BCUT2D eigenvalue weighted by Gasteiger charge is 2.21. The number of rotatable bonds is 3. The molecule has 1 saturated heterocycles. The van der Waals surface area contributed by atoms with E-state index in [-0.39, 0.29) is 5.97 Å². The molecule has 0 unspecified atom stereocenters. The number of nitrogens with zero attached hydrogens (tertiary/aromatic N) is 4. The molecule has 0 N–H and O–H groups in total. The number of carbonyl (C=O) groups is 1. The summed E-state index contributed by atoms with van der Waals surface area (Å²) in [7, 11) is 1.42. The number of carbonyl (C=O) groups excluding carboxylic acids is 1. The van der Waals surface area contributed by atoms with E-state index in [4.69, 9.17) is 4.74 Å². The molecule has 0 radical (unpaired) electrons. The molecule has 7 heteroatoms. The van der Waals surface area contributed by atoms with Gasteiger partial charge in [0, 0.05) is 26.2 Å². The van der Waals surface area contributed by atoms with Crippen molar-refractivity contribution in [1.82, 2.24) is 14.9 Å². The molecule has 0 aliphatic carbocycles. The number of piperazine rings is 1. The second kappa shape index (κ2) is 5.72. The Morgan fingerprint density at radius 2 is 2.15 bits per heavy atom. The molecule has 106 valence electrons. The monoisotopic (exact) mass is 292 g/mol. The Kier molecular flexibility index (Phi) is 3.79. The number of hydrogen-bond acceptors (Lipinski definition) is 7. The van der Waals surface area contributed by atoms with Crippen LogP contribution in [-0.4, -0.2) is 60.7 Å². The Morgan fingerprint density at radius 1 is 1.35 bits per heavy atom. The van der Waals surface area contributed by atoms with E-state index < -0.39 is 0 Å². The van der Waals surface area contributed by atoms with Gasteiger partial charge in [-0.3, -0.25) is 9.69 Å². The first-order chi connectivity index (χ1) is 9.78. The molecule has 3 rings (SSSR count). The number of methoxy groups -OCH3 is 1. The van der Waals surface area contributed by atoms with Crippen LogP contribution in [-0.2, 0) is 9.53 Å². The molecule has 0 amide bonds.